The number of ether oxygens (including phenoxy) is 1. The number of aryl methyl sites for hydroxylation is 2. The number of anilines is 2. The van der Waals surface area contributed by atoms with Crippen molar-refractivity contribution >= 4 is 23.0 Å². The SMILES string of the molecule is Cc1cc(F)cc(C)c1N1C(=O)C(C)(C)Oc2cc([N+](=O)[O-])ccc21. The maximum absolute atomic E-state index is 13.7. The standard InChI is InChI=1S/C18H17FN2O4/c1-10-7-12(19)8-11(2)16(10)20-14-6-5-13(21(23)24)9-15(14)25-18(3,4)17(20)22/h5-9H,1-4H3. The Kier molecular flexibility index (Phi) is 3.74. The van der Waals surface area contributed by atoms with Crippen LogP contribution in [0.3, 0.4) is 0 Å². The van der Waals surface area contributed by atoms with E-state index < -0.39 is 10.5 Å². The number of nitro benzene ring substituents is 1. The molecule has 1 amide bonds. The molecule has 1 aliphatic rings. The lowest BCUT2D eigenvalue weighted by Gasteiger charge is -2.39. The summed E-state index contributed by atoms with van der Waals surface area (Å²) in [5.74, 6) is -0.476. The number of carbonyl (C=O) groups is 1. The molecule has 0 spiro atoms. The molecule has 0 bridgehead atoms. The molecule has 0 saturated heterocycles. The van der Waals surface area contributed by atoms with E-state index in [1.54, 1.807) is 27.7 Å². The number of carbonyl (C=O) groups excluding carboxylic acids is 1. The monoisotopic (exact) mass is 344 g/mol. The Hall–Kier alpha value is -2.96. The van der Waals surface area contributed by atoms with Gasteiger partial charge in [0.25, 0.3) is 11.6 Å². The summed E-state index contributed by atoms with van der Waals surface area (Å²) in [6.07, 6.45) is 0. The number of nitro groups is 1. The highest BCUT2D eigenvalue weighted by atomic mass is 19.1. The molecular formula is C18H17FN2O4. The zero-order valence-electron chi connectivity index (χ0n) is 14.3. The first-order valence-corrected chi connectivity index (χ1v) is 7.70. The van der Waals surface area contributed by atoms with E-state index in [0.717, 1.165) is 0 Å². The number of hydrogen-bond donors (Lipinski definition) is 0. The van der Waals surface area contributed by atoms with E-state index in [-0.39, 0.29) is 23.2 Å². The zero-order chi connectivity index (χ0) is 18.5. The highest BCUT2D eigenvalue weighted by molar-refractivity contribution is 6.09. The Balaban J connectivity index is 2.27. The van der Waals surface area contributed by atoms with E-state index in [1.165, 1.54) is 35.2 Å². The first-order valence-electron chi connectivity index (χ1n) is 7.70. The van der Waals surface area contributed by atoms with E-state index in [1.807, 2.05) is 0 Å². The molecule has 25 heavy (non-hydrogen) atoms. The average molecular weight is 344 g/mol. The normalized spacial score (nSPS) is 15.6. The summed E-state index contributed by atoms with van der Waals surface area (Å²) in [4.78, 5) is 25.0. The van der Waals surface area contributed by atoms with Crippen LogP contribution in [0.1, 0.15) is 25.0 Å². The van der Waals surface area contributed by atoms with Gasteiger partial charge in [-0.3, -0.25) is 19.8 Å². The second kappa shape index (κ2) is 5.54. The highest BCUT2D eigenvalue weighted by Gasteiger charge is 2.43. The van der Waals surface area contributed by atoms with E-state index in [2.05, 4.69) is 0 Å². The summed E-state index contributed by atoms with van der Waals surface area (Å²) >= 11 is 0. The van der Waals surface area contributed by atoms with Gasteiger partial charge in [-0.1, -0.05) is 0 Å². The van der Waals surface area contributed by atoms with Crippen molar-refractivity contribution in [2.75, 3.05) is 4.90 Å². The third kappa shape index (κ3) is 2.71. The minimum atomic E-state index is -1.21. The maximum atomic E-state index is 13.7. The minimum Gasteiger partial charge on any atom is -0.476 e. The van der Waals surface area contributed by atoms with E-state index in [4.69, 9.17) is 4.74 Å². The van der Waals surface area contributed by atoms with Gasteiger partial charge >= 0.3 is 0 Å². The van der Waals surface area contributed by atoms with Crippen LogP contribution in [0.4, 0.5) is 21.5 Å². The molecule has 7 heteroatoms. The topological polar surface area (TPSA) is 72.7 Å². The van der Waals surface area contributed by atoms with Crippen molar-refractivity contribution in [3.8, 4) is 5.75 Å². The predicted octanol–water partition coefficient (Wildman–Crippen LogP) is 4.19. The van der Waals surface area contributed by atoms with Gasteiger partial charge in [0.15, 0.2) is 11.4 Å². The number of halogens is 1. The van der Waals surface area contributed by atoms with Gasteiger partial charge in [-0.25, -0.2) is 4.39 Å². The molecule has 1 heterocycles. The van der Waals surface area contributed by atoms with E-state index in [0.29, 0.717) is 22.5 Å². The van der Waals surface area contributed by atoms with Crippen LogP contribution in [-0.4, -0.2) is 16.4 Å². The fraction of sp³-hybridized carbons (Fsp3) is 0.278. The second-order valence-electron chi connectivity index (χ2n) is 6.55. The van der Waals surface area contributed by atoms with Crippen molar-refractivity contribution in [2.24, 2.45) is 0 Å². The van der Waals surface area contributed by atoms with Crippen LogP contribution >= 0.6 is 0 Å². The summed E-state index contributed by atoms with van der Waals surface area (Å²) < 4.78 is 19.4. The largest absolute Gasteiger partial charge is 0.476 e. The van der Waals surface area contributed by atoms with Gasteiger partial charge in [0.2, 0.25) is 0 Å². The highest BCUT2D eigenvalue weighted by Crippen LogP contribution is 2.45. The van der Waals surface area contributed by atoms with Crippen LogP contribution in [0.2, 0.25) is 0 Å². The molecule has 0 aromatic heterocycles. The molecule has 0 unspecified atom stereocenters. The zero-order valence-corrected chi connectivity index (χ0v) is 14.3. The number of rotatable bonds is 2. The second-order valence-corrected chi connectivity index (χ2v) is 6.55. The lowest BCUT2D eigenvalue weighted by Crippen LogP contribution is -2.50. The maximum Gasteiger partial charge on any atom is 0.275 e. The molecular weight excluding hydrogens is 327 g/mol. The predicted molar refractivity (Wildman–Crippen MR) is 90.8 cm³/mol. The number of amides is 1. The number of nitrogens with zero attached hydrogens (tertiary/aromatic N) is 2. The number of hydrogen-bond acceptors (Lipinski definition) is 4. The Morgan fingerprint density at radius 3 is 2.32 bits per heavy atom. The molecule has 3 rings (SSSR count). The quantitative estimate of drug-likeness (QED) is 0.605. The number of fused-ring (bicyclic) bond motifs is 1. The molecule has 2 aromatic carbocycles. The van der Waals surface area contributed by atoms with Crippen molar-refractivity contribution in [3.63, 3.8) is 0 Å². The third-order valence-corrected chi connectivity index (χ3v) is 4.16. The van der Waals surface area contributed by atoms with Gasteiger partial charge in [-0.2, -0.15) is 0 Å². The van der Waals surface area contributed by atoms with Gasteiger partial charge in [-0.15, -0.1) is 0 Å². The molecule has 0 N–H and O–H groups in total. The molecule has 130 valence electrons. The fourth-order valence-corrected chi connectivity index (χ4v) is 3.06. The van der Waals surface area contributed by atoms with Crippen LogP contribution in [0.5, 0.6) is 5.75 Å². The summed E-state index contributed by atoms with van der Waals surface area (Å²) in [7, 11) is 0. The van der Waals surface area contributed by atoms with Crippen molar-refractivity contribution in [1.82, 2.24) is 0 Å². The minimum absolute atomic E-state index is 0.128. The first-order chi connectivity index (χ1) is 11.6. The van der Waals surface area contributed by atoms with Gasteiger partial charge in [0, 0.05) is 6.07 Å². The summed E-state index contributed by atoms with van der Waals surface area (Å²) in [5.41, 5.74) is 0.790. The lowest BCUT2D eigenvalue weighted by molar-refractivity contribution is -0.385. The fourth-order valence-electron chi connectivity index (χ4n) is 3.06. The Bertz CT molecular complexity index is 885. The number of non-ortho nitro benzene ring substituents is 1. The summed E-state index contributed by atoms with van der Waals surface area (Å²) in [6, 6.07) is 6.79. The molecule has 6 nitrogen and oxygen atoms in total. The average Bonchev–Trinajstić information content (AvgIpc) is 2.49. The smallest absolute Gasteiger partial charge is 0.275 e. The van der Waals surface area contributed by atoms with Crippen molar-refractivity contribution < 1.29 is 18.8 Å². The molecule has 0 saturated carbocycles. The van der Waals surface area contributed by atoms with E-state index >= 15 is 0 Å². The van der Waals surface area contributed by atoms with Gasteiger partial charge in [0.05, 0.1) is 22.4 Å². The molecule has 0 radical (unpaired) electrons. The van der Waals surface area contributed by atoms with Crippen LogP contribution in [0, 0.1) is 29.8 Å². The van der Waals surface area contributed by atoms with Crippen molar-refractivity contribution in [2.45, 2.75) is 33.3 Å². The molecule has 0 aliphatic carbocycles. The first kappa shape index (κ1) is 16.9. The van der Waals surface area contributed by atoms with Crippen molar-refractivity contribution in [3.05, 3.63) is 57.4 Å². The van der Waals surface area contributed by atoms with Crippen LogP contribution in [0.15, 0.2) is 30.3 Å². The van der Waals surface area contributed by atoms with Gasteiger partial charge in [0.1, 0.15) is 5.82 Å². The number of benzene rings is 2. The molecule has 0 fully saturated rings. The molecule has 0 atom stereocenters. The van der Waals surface area contributed by atoms with Crippen LogP contribution in [-0.2, 0) is 4.79 Å². The lowest BCUT2D eigenvalue weighted by atomic mass is 9.99. The Morgan fingerprint density at radius 2 is 1.76 bits per heavy atom. The Labute approximate surface area is 144 Å². The van der Waals surface area contributed by atoms with Gasteiger partial charge < -0.3 is 4.74 Å². The summed E-state index contributed by atoms with van der Waals surface area (Å²) in [6.45, 7) is 6.62. The van der Waals surface area contributed by atoms with Crippen molar-refractivity contribution in [1.29, 1.82) is 0 Å². The van der Waals surface area contributed by atoms with E-state index in [9.17, 15) is 19.3 Å². The van der Waals surface area contributed by atoms with Crippen LogP contribution < -0.4 is 9.64 Å². The summed E-state index contributed by atoms with van der Waals surface area (Å²) in [5, 5.41) is 11.0. The molecule has 1 aliphatic heterocycles. The molecule has 2 aromatic rings. The van der Waals surface area contributed by atoms with Gasteiger partial charge in [-0.05, 0) is 57.0 Å². The third-order valence-electron chi connectivity index (χ3n) is 4.16. The Morgan fingerprint density at radius 1 is 1.16 bits per heavy atom. The van der Waals surface area contributed by atoms with Crippen LogP contribution in [0.25, 0.3) is 0 Å².